The molecule has 1 aromatic heterocycles. The van der Waals surface area contributed by atoms with E-state index in [9.17, 15) is 9.18 Å². The lowest BCUT2D eigenvalue weighted by Crippen LogP contribution is -2.55. The Hall–Kier alpha value is -2.21. The van der Waals surface area contributed by atoms with E-state index in [0.717, 1.165) is 13.0 Å². The molecule has 0 unspecified atom stereocenters. The molecule has 0 spiro atoms. The fraction of sp³-hybridized carbons (Fsp3) is 0.500. The predicted octanol–water partition coefficient (Wildman–Crippen LogP) is 3.35. The molecule has 0 radical (unpaired) electrons. The maximum Gasteiger partial charge on any atom is 0.257 e. The van der Waals surface area contributed by atoms with Gasteiger partial charge in [0.05, 0.1) is 24.1 Å². The summed E-state index contributed by atoms with van der Waals surface area (Å²) in [6.07, 6.45) is 2.60. The minimum absolute atomic E-state index is 0.0522. The summed E-state index contributed by atoms with van der Waals surface area (Å²) in [5, 5.41) is 6.89. The highest BCUT2D eigenvalue weighted by atomic mass is 19.1. The zero-order chi connectivity index (χ0) is 18.5. The zero-order valence-corrected chi connectivity index (χ0v) is 15.4. The van der Waals surface area contributed by atoms with Crippen molar-refractivity contribution >= 4 is 5.91 Å². The van der Waals surface area contributed by atoms with Gasteiger partial charge in [-0.3, -0.25) is 9.89 Å². The number of methoxy groups -OCH3 is 1. The molecule has 26 heavy (non-hydrogen) atoms. The minimum Gasteiger partial charge on any atom is -0.384 e. The first kappa shape index (κ1) is 17.2. The van der Waals surface area contributed by atoms with Crippen molar-refractivity contribution in [3.63, 3.8) is 0 Å². The molecule has 5 nitrogen and oxygen atoms in total. The molecule has 2 heterocycles. The van der Waals surface area contributed by atoms with Crippen LogP contribution in [0.3, 0.4) is 0 Å². The molecule has 1 aliphatic heterocycles. The van der Waals surface area contributed by atoms with Gasteiger partial charge in [0.2, 0.25) is 0 Å². The van der Waals surface area contributed by atoms with Gasteiger partial charge in [0.15, 0.2) is 0 Å². The molecule has 1 saturated heterocycles. The van der Waals surface area contributed by atoms with Crippen molar-refractivity contribution in [3.8, 4) is 11.3 Å². The standard InChI is InChI=1S/C20H24FN3O2/c1-19(2)10-20(12-26-3)11-24(9-16(19)20)18(25)15-8-22-23-17(15)13-5-4-6-14(21)7-13/h4-8,16H,9-12H2,1-3H3,(H,22,23)/t16-,20-/m1/s1. The SMILES string of the molecule is COC[C@@]12CN(C(=O)c3cn[nH]c3-c3cccc(F)c3)C[C@@H]1C(C)(C)C2. The molecule has 2 aromatic rings. The third-order valence-corrected chi connectivity index (χ3v) is 6.10. The monoisotopic (exact) mass is 357 g/mol. The molecular weight excluding hydrogens is 333 g/mol. The van der Waals surface area contributed by atoms with E-state index in [1.165, 1.54) is 18.3 Å². The Bertz CT molecular complexity index is 847. The molecule has 6 heteroatoms. The van der Waals surface area contributed by atoms with Gasteiger partial charge in [-0.05, 0) is 29.9 Å². The van der Waals surface area contributed by atoms with Crippen molar-refractivity contribution < 1.29 is 13.9 Å². The maximum absolute atomic E-state index is 13.6. The third kappa shape index (κ3) is 2.55. The molecular formula is C20H24FN3O2. The molecule has 1 N–H and O–H groups in total. The van der Waals surface area contributed by atoms with E-state index in [1.54, 1.807) is 19.2 Å². The second-order valence-corrected chi connectivity index (χ2v) is 8.37. The number of amides is 1. The van der Waals surface area contributed by atoms with Gasteiger partial charge >= 0.3 is 0 Å². The predicted molar refractivity (Wildman–Crippen MR) is 96.1 cm³/mol. The number of hydrogen-bond acceptors (Lipinski definition) is 3. The maximum atomic E-state index is 13.6. The summed E-state index contributed by atoms with van der Waals surface area (Å²) in [6.45, 7) is 6.61. The number of rotatable bonds is 4. The van der Waals surface area contributed by atoms with E-state index in [-0.39, 0.29) is 22.6 Å². The first-order chi connectivity index (χ1) is 12.4. The highest BCUT2D eigenvalue weighted by molar-refractivity contribution is 6.00. The molecule has 1 amide bonds. The van der Waals surface area contributed by atoms with Crippen LogP contribution in [0, 0.1) is 22.6 Å². The topological polar surface area (TPSA) is 58.2 Å². The normalized spacial score (nSPS) is 26.5. The number of carbonyl (C=O) groups is 1. The molecule has 2 atom stereocenters. The Kier molecular flexibility index (Phi) is 3.91. The number of likely N-dealkylation sites (tertiary alicyclic amines) is 1. The molecule has 4 rings (SSSR count). The number of nitrogens with zero attached hydrogens (tertiary/aromatic N) is 2. The van der Waals surface area contributed by atoms with Crippen LogP contribution in [0.15, 0.2) is 30.5 Å². The summed E-state index contributed by atoms with van der Waals surface area (Å²) < 4.78 is 19.1. The first-order valence-electron chi connectivity index (χ1n) is 8.94. The van der Waals surface area contributed by atoms with Crippen molar-refractivity contribution in [1.82, 2.24) is 15.1 Å². The Labute approximate surface area is 152 Å². The van der Waals surface area contributed by atoms with Crippen LogP contribution in [0.25, 0.3) is 11.3 Å². The van der Waals surface area contributed by atoms with E-state index in [4.69, 9.17) is 4.74 Å². The highest BCUT2D eigenvalue weighted by Gasteiger charge is 2.63. The summed E-state index contributed by atoms with van der Waals surface area (Å²) in [5.41, 5.74) is 1.95. The van der Waals surface area contributed by atoms with Crippen molar-refractivity contribution in [1.29, 1.82) is 0 Å². The van der Waals surface area contributed by atoms with Crippen molar-refractivity contribution in [2.45, 2.75) is 20.3 Å². The number of aromatic amines is 1. The zero-order valence-electron chi connectivity index (χ0n) is 15.4. The third-order valence-electron chi connectivity index (χ3n) is 6.10. The van der Waals surface area contributed by atoms with Crippen molar-refractivity contribution in [2.75, 3.05) is 26.8 Å². The lowest BCUT2D eigenvalue weighted by atomic mass is 9.48. The summed E-state index contributed by atoms with van der Waals surface area (Å²) in [4.78, 5) is 15.1. The van der Waals surface area contributed by atoms with E-state index in [1.807, 2.05) is 4.90 Å². The lowest BCUT2D eigenvalue weighted by Gasteiger charge is -2.56. The van der Waals surface area contributed by atoms with Crippen LogP contribution < -0.4 is 0 Å². The van der Waals surface area contributed by atoms with Gasteiger partial charge in [-0.15, -0.1) is 0 Å². The Morgan fingerprint density at radius 1 is 1.46 bits per heavy atom. The Morgan fingerprint density at radius 2 is 2.27 bits per heavy atom. The summed E-state index contributed by atoms with van der Waals surface area (Å²) in [6, 6.07) is 6.20. The van der Waals surface area contributed by atoms with Gasteiger partial charge < -0.3 is 9.64 Å². The van der Waals surface area contributed by atoms with Crippen molar-refractivity contribution in [2.24, 2.45) is 16.7 Å². The summed E-state index contributed by atoms with van der Waals surface area (Å²) >= 11 is 0. The minimum atomic E-state index is -0.337. The highest BCUT2D eigenvalue weighted by Crippen LogP contribution is 2.62. The molecule has 1 aliphatic carbocycles. The summed E-state index contributed by atoms with van der Waals surface area (Å²) in [5.74, 6) is 0.0395. The number of fused-ring (bicyclic) bond motifs is 1. The molecule has 1 saturated carbocycles. The second kappa shape index (κ2) is 5.91. The number of H-pyrrole nitrogens is 1. The van der Waals surface area contributed by atoms with Gasteiger partial charge in [0.1, 0.15) is 5.82 Å². The van der Waals surface area contributed by atoms with Crippen LogP contribution in [0.4, 0.5) is 4.39 Å². The average Bonchev–Trinajstić information content (AvgIpc) is 3.18. The Morgan fingerprint density at radius 3 is 2.96 bits per heavy atom. The second-order valence-electron chi connectivity index (χ2n) is 8.37. The number of hydrogen-bond donors (Lipinski definition) is 1. The van der Waals surface area contributed by atoms with Crippen LogP contribution in [0.2, 0.25) is 0 Å². The number of benzene rings is 1. The van der Waals surface area contributed by atoms with Crippen LogP contribution >= 0.6 is 0 Å². The van der Waals surface area contributed by atoms with E-state index in [2.05, 4.69) is 24.0 Å². The van der Waals surface area contributed by atoms with Gasteiger partial charge in [-0.2, -0.15) is 5.10 Å². The quantitative estimate of drug-likeness (QED) is 0.913. The fourth-order valence-corrected chi connectivity index (χ4v) is 5.25. The van der Waals surface area contributed by atoms with Crippen LogP contribution in [-0.4, -0.2) is 47.8 Å². The van der Waals surface area contributed by atoms with Gasteiger partial charge in [-0.1, -0.05) is 26.0 Å². The number of ether oxygens (including phenoxy) is 1. The smallest absolute Gasteiger partial charge is 0.257 e. The molecule has 2 aliphatic rings. The number of nitrogens with one attached hydrogen (secondary N) is 1. The molecule has 138 valence electrons. The van der Waals surface area contributed by atoms with Gasteiger partial charge in [-0.25, -0.2) is 4.39 Å². The Balaban J connectivity index is 1.61. The van der Waals surface area contributed by atoms with Crippen molar-refractivity contribution in [3.05, 3.63) is 41.8 Å². The van der Waals surface area contributed by atoms with E-state index < -0.39 is 0 Å². The average molecular weight is 357 g/mol. The largest absolute Gasteiger partial charge is 0.384 e. The number of aromatic nitrogens is 2. The van der Waals surface area contributed by atoms with E-state index >= 15 is 0 Å². The van der Waals surface area contributed by atoms with Crippen LogP contribution in [0.1, 0.15) is 30.6 Å². The lowest BCUT2D eigenvalue weighted by molar-refractivity contribution is -0.107. The number of carbonyl (C=O) groups excluding carboxylic acids is 1. The van der Waals surface area contributed by atoms with Gasteiger partial charge in [0.25, 0.3) is 5.91 Å². The number of halogens is 1. The molecule has 2 fully saturated rings. The van der Waals surface area contributed by atoms with Gasteiger partial charge in [0, 0.05) is 31.2 Å². The first-order valence-corrected chi connectivity index (χ1v) is 8.94. The van der Waals surface area contributed by atoms with E-state index in [0.29, 0.717) is 35.9 Å². The van der Waals surface area contributed by atoms with Crippen LogP contribution in [0.5, 0.6) is 0 Å². The summed E-state index contributed by atoms with van der Waals surface area (Å²) in [7, 11) is 1.72. The van der Waals surface area contributed by atoms with Crippen LogP contribution in [-0.2, 0) is 4.74 Å². The molecule has 1 aromatic carbocycles. The fourth-order valence-electron chi connectivity index (χ4n) is 5.25. The molecule has 0 bridgehead atoms.